The predicted molar refractivity (Wildman–Crippen MR) is 86.3 cm³/mol. The lowest BCUT2D eigenvalue weighted by atomic mass is 10.3. The Hall–Kier alpha value is -2.21. The number of carbonyl (C=O) groups excluding carboxylic acids is 1. The number of nitrogens with one attached hydrogen (secondary N) is 2. The molecule has 21 heavy (non-hydrogen) atoms. The molecule has 0 aliphatic rings. The molecular weight excluding hydrogens is 336 g/mol. The van der Waals surface area contributed by atoms with Crippen LogP contribution in [0.15, 0.2) is 46.9 Å². The standard InChI is InChI=1S/C15H15BrN2O3/c1-20-12-6-4-11(5-7-12)17-15(19)18-13-9-10(16)3-8-14(13)21-2/h3-9H,1-2H3,(H2,17,18,19). The van der Waals surface area contributed by atoms with Crippen LogP contribution in [0.25, 0.3) is 0 Å². The SMILES string of the molecule is COc1ccc(NC(=O)Nc2cc(Br)ccc2OC)cc1. The second-order valence-electron chi connectivity index (χ2n) is 4.15. The van der Waals surface area contributed by atoms with Crippen LogP contribution in [-0.2, 0) is 0 Å². The molecule has 6 heteroatoms. The molecule has 0 saturated carbocycles. The van der Waals surface area contributed by atoms with Crippen molar-refractivity contribution < 1.29 is 14.3 Å². The van der Waals surface area contributed by atoms with Crippen LogP contribution in [-0.4, -0.2) is 20.3 Å². The molecule has 0 atom stereocenters. The molecule has 0 heterocycles. The van der Waals surface area contributed by atoms with Gasteiger partial charge in [-0.3, -0.25) is 0 Å². The zero-order chi connectivity index (χ0) is 15.2. The lowest BCUT2D eigenvalue weighted by molar-refractivity contribution is 0.262. The number of ether oxygens (including phenoxy) is 2. The molecule has 0 bridgehead atoms. The molecule has 2 aromatic rings. The van der Waals surface area contributed by atoms with Gasteiger partial charge < -0.3 is 20.1 Å². The zero-order valence-electron chi connectivity index (χ0n) is 11.6. The fraction of sp³-hybridized carbons (Fsp3) is 0.133. The summed E-state index contributed by atoms with van der Waals surface area (Å²) < 4.78 is 11.1. The van der Waals surface area contributed by atoms with Crippen LogP contribution in [0.5, 0.6) is 11.5 Å². The van der Waals surface area contributed by atoms with Gasteiger partial charge in [-0.1, -0.05) is 15.9 Å². The number of methoxy groups -OCH3 is 2. The molecule has 0 aliphatic carbocycles. The van der Waals surface area contributed by atoms with E-state index in [9.17, 15) is 4.79 Å². The van der Waals surface area contributed by atoms with Crippen LogP contribution in [0, 0.1) is 0 Å². The fourth-order valence-electron chi connectivity index (χ4n) is 1.74. The van der Waals surface area contributed by atoms with Gasteiger partial charge in [0.05, 0.1) is 19.9 Å². The van der Waals surface area contributed by atoms with E-state index in [1.807, 2.05) is 6.07 Å². The molecule has 0 aromatic heterocycles. The number of benzene rings is 2. The minimum absolute atomic E-state index is 0.350. The van der Waals surface area contributed by atoms with Gasteiger partial charge in [-0.25, -0.2) is 4.79 Å². The van der Waals surface area contributed by atoms with Crippen LogP contribution >= 0.6 is 15.9 Å². The summed E-state index contributed by atoms with van der Waals surface area (Å²) in [5, 5.41) is 5.48. The van der Waals surface area contributed by atoms with Crippen LogP contribution in [0.3, 0.4) is 0 Å². The Morgan fingerprint density at radius 2 is 1.71 bits per heavy atom. The molecule has 0 radical (unpaired) electrons. The molecule has 0 spiro atoms. The van der Waals surface area contributed by atoms with Crippen molar-refractivity contribution >= 4 is 33.3 Å². The van der Waals surface area contributed by atoms with Gasteiger partial charge in [0, 0.05) is 10.2 Å². The molecular formula is C15H15BrN2O3. The monoisotopic (exact) mass is 350 g/mol. The minimum Gasteiger partial charge on any atom is -0.497 e. The molecule has 0 fully saturated rings. The Morgan fingerprint density at radius 3 is 2.33 bits per heavy atom. The Balaban J connectivity index is 2.05. The third-order valence-corrected chi connectivity index (χ3v) is 3.25. The molecule has 2 rings (SSSR count). The minimum atomic E-state index is -0.350. The quantitative estimate of drug-likeness (QED) is 0.872. The Kier molecular flexibility index (Phi) is 5.05. The maximum Gasteiger partial charge on any atom is 0.323 e. The second-order valence-corrected chi connectivity index (χ2v) is 5.07. The van der Waals surface area contributed by atoms with Crippen LogP contribution < -0.4 is 20.1 Å². The van der Waals surface area contributed by atoms with Crippen LogP contribution in [0.4, 0.5) is 16.2 Å². The van der Waals surface area contributed by atoms with E-state index in [0.717, 1.165) is 10.2 Å². The van der Waals surface area contributed by atoms with Gasteiger partial charge >= 0.3 is 6.03 Å². The maximum atomic E-state index is 12.0. The number of amides is 2. The van der Waals surface area contributed by atoms with E-state index in [-0.39, 0.29) is 6.03 Å². The van der Waals surface area contributed by atoms with E-state index >= 15 is 0 Å². The average Bonchev–Trinajstić information content (AvgIpc) is 2.48. The van der Waals surface area contributed by atoms with Crippen molar-refractivity contribution in [3.8, 4) is 11.5 Å². The van der Waals surface area contributed by atoms with Gasteiger partial charge in [-0.15, -0.1) is 0 Å². The topological polar surface area (TPSA) is 59.6 Å². The van der Waals surface area contributed by atoms with Gasteiger partial charge in [0.15, 0.2) is 0 Å². The van der Waals surface area contributed by atoms with E-state index in [1.165, 1.54) is 0 Å². The van der Waals surface area contributed by atoms with Crippen molar-refractivity contribution in [2.45, 2.75) is 0 Å². The van der Waals surface area contributed by atoms with E-state index < -0.39 is 0 Å². The summed E-state index contributed by atoms with van der Waals surface area (Å²) in [7, 11) is 3.14. The van der Waals surface area contributed by atoms with Gasteiger partial charge in [0.1, 0.15) is 11.5 Å². The van der Waals surface area contributed by atoms with Crippen LogP contribution in [0.1, 0.15) is 0 Å². The Bertz CT molecular complexity index is 629. The van der Waals surface area contributed by atoms with Crippen molar-refractivity contribution in [1.82, 2.24) is 0 Å². The summed E-state index contributed by atoms with van der Waals surface area (Å²) in [5.41, 5.74) is 1.25. The third kappa shape index (κ3) is 4.13. The highest BCUT2D eigenvalue weighted by molar-refractivity contribution is 9.10. The van der Waals surface area contributed by atoms with Crippen molar-refractivity contribution in [3.05, 3.63) is 46.9 Å². The number of hydrogen-bond acceptors (Lipinski definition) is 3. The third-order valence-electron chi connectivity index (χ3n) is 2.76. The highest BCUT2D eigenvalue weighted by Gasteiger charge is 2.08. The van der Waals surface area contributed by atoms with Gasteiger partial charge in [0.25, 0.3) is 0 Å². The zero-order valence-corrected chi connectivity index (χ0v) is 13.2. The summed E-state index contributed by atoms with van der Waals surface area (Å²) in [4.78, 5) is 12.0. The lowest BCUT2D eigenvalue weighted by Gasteiger charge is -2.11. The van der Waals surface area contributed by atoms with E-state index in [4.69, 9.17) is 9.47 Å². The number of hydrogen-bond donors (Lipinski definition) is 2. The molecule has 2 aromatic carbocycles. The van der Waals surface area contributed by atoms with Crippen molar-refractivity contribution in [2.75, 3.05) is 24.9 Å². The summed E-state index contributed by atoms with van der Waals surface area (Å²) >= 11 is 3.36. The van der Waals surface area contributed by atoms with E-state index in [2.05, 4.69) is 26.6 Å². The molecule has 110 valence electrons. The molecule has 0 unspecified atom stereocenters. The molecule has 0 aliphatic heterocycles. The normalized spacial score (nSPS) is 9.86. The average molecular weight is 351 g/mol. The highest BCUT2D eigenvalue weighted by Crippen LogP contribution is 2.28. The maximum absolute atomic E-state index is 12.0. The Labute approximate surface area is 131 Å². The lowest BCUT2D eigenvalue weighted by Crippen LogP contribution is -2.19. The van der Waals surface area contributed by atoms with Crippen molar-refractivity contribution in [3.63, 3.8) is 0 Å². The van der Waals surface area contributed by atoms with Crippen molar-refractivity contribution in [2.24, 2.45) is 0 Å². The summed E-state index contributed by atoms with van der Waals surface area (Å²) in [5.74, 6) is 1.32. The van der Waals surface area contributed by atoms with Gasteiger partial charge in [0.2, 0.25) is 0 Å². The van der Waals surface area contributed by atoms with E-state index in [1.54, 1.807) is 50.6 Å². The van der Waals surface area contributed by atoms with Crippen molar-refractivity contribution in [1.29, 1.82) is 0 Å². The first-order valence-electron chi connectivity index (χ1n) is 6.18. The molecule has 2 amide bonds. The van der Waals surface area contributed by atoms with E-state index in [0.29, 0.717) is 17.1 Å². The fourth-order valence-corrected chi connectivity index (χ4v) is 2.10. The van der Waals surface area contributed by atoms with Crippen LogP contribution in [0.2, 0.25) is 0 Å². The Morgan fingerprint density at radius 1 is 1.00 bits per heavy atom. The number of rotatable bonds is 4. The van der Waals surface area contributed by atoms with Gasteiger partial charge in [-0.2, -0.15) is 0 Å². The molecule has 5 nitrogen and oxygen atoms in total. The number of anilines is 2. The largest absolute Gasteiger partial charge is 0.497 e. The summed E-state index contributed by atoms with van der Waals surface area (Å²) in [6, 6.07) is 12.1. The number of urea groups is 1. The molecule has 0 saturated heterocycles. The van der Waals surface area contributed by atoms with Gasteiger partial charge in [-0.05, 0) is 42.5 Å². The first-order chi connectivity index (χ1) is 10.1. The first kappa shape index (κ1) is 15.2. The number of carbonyl (C=O) groups is 1. The summed E-state index contributed by atoms with van der Waals surface area (Å²) in [6.07, 6.45) is 0. The first-order valence-corrected chi connectivity index (χ1v) is 6.97. The summed E-state index contributed by atoms with van der Waals surface area (Å²) in [6.45, 7) is 0. The molecule has 2 N–H and O–H groups in total. The second kappa shape index (κ2) is 6.99. The number of halogens is 1. The highest BCUT2D eigenvalue weighted by atomic mass is 79.9. The predicted octanol–water partition coefficient (Wildman–Crippen LogP) is 4.11. The smallest absolute Gasteiger partial charge is 0.323 e.